The van der Waals surface area contributed by atoms with Crippen molar-refractivity contribution in [3.05, 3.63) is 33.6 Å². The predicted molar refractivity (Wildman–Crippen MR) is 91.1 cm³/mol. The third kappa shape index (κ3) is 2.63. The van der Waals surface area contributed by atoms with Gasteiger partial charge in [-0.05, 0) is 18.1 Å². The van der Waals surface area contributed by atoms with E-state index in [0.29, 0.717) is 17.5 Å². The summed E-state index contributed by atoms with van der Waals surface area (Å²) < 4.78 is 3.12. The monoisotopic (exact) mass is 437 g/mol. The predicted octanol–water partition coefficient (Wildman–Crippen LogP) is 5.18. The number of halogens is 2. The third-order valence-electron chi connectivity index (χ3n) is 3.04. The number of nitrogens with zero attached hydrogens (tertiary/aromatic N) is 1. The molecule has 0 saturated heterocycles. The second kappa shape index (κ2) is 5.96. The molecule has 0 radical (unpaired) electrons. The molecule has 18 heavy (non-hydrogen) atoms. The van der Waals surface area contributed by atoms with Crippen LogP contribution in [0.1, 0.15) is 35.6 Å². The fourth-order valence-electron chi connectivity index (χ4n) is 2.05. The Kier molecular flexibility index (Phi) is 4.77. The Morgan fingerprint density at radius 2 is 2.28 bits per heavy atom. The summed E-state index contributed by atoms with van der Waals surface area (Å²) in [5.74, 6) is 0.937. The number of hydrogen-bond acceptors (Lipinski definition) is 2. The molecule has 0 N–H and O–H groups in total. The molecule has 0 bridgehead atoms. The normalized spacial score (nSPS) is 18.5. The van der Waals surface area contributed by atoms with E-state index in [4.69, 9.17) is 0 Å². The molecule has 1 heterocycles. The average Bonchev–Trinajstić information content (AvgIpc) is 2.57. The van der Waals surface area contributed by atoms with Gasteiger partial charge in [0, 0.05) is 46.3 Å². The van der Waals surface area contributed by atoms with Gasteiger partial charge in [0.2, 0.25) is 0 Å². The molecular formula is C13H13BrINOS. The zero-order valence-corrected chi connectivity index (χ0v) is 14.6. The Morgan fingerprint density at radius 3 is 2.83 bits per heavy atom. The van der Waals surface area contributed by atoms with Crippen molar-refractivity contribution in [3.63, 3.8) is 0 Å². The lowest BCUT2D eigenvalue weighted by Crippen LogP contribution is -2.04. The molecular weight excluding hydrogens is 425 g/mol. The van der Waals surface area contributed by atoms with E-state index in [9.17, 15) is 4.79 Å². The largest absolute Gasteiger partial charge is 0.296 e. The molecule has 1 aliphatic rings. The van der Waals surface area contributed by atoms with Gasteiger partial charge in [0.25, 0.3) is 0 Å². The van der Waals surface area contributed by atoms with Gasteiger partial charge in [-0.1, -0.05) is 41.9 Å². The first kappa shape index (κ1) is 14.4. The van der Waals surface area contributed by atoms with Crippen LogP contribution in [-0.2, 0) is 0 Å². The molecule has 1 unspecified atom stereocenters. The molecule has 1 aromatic rings. The second-order valence-corrected chi connectivity index (χ2v) is 7.15. The van der Waals surface area contributed by atoms with Gasteiger partial charge in [0.05, 0.1) is 11.4 Å². The molecule has 1 aliphatic carbocycles. The highest BCUT2D eigenvalue weighted by atomic mass is 127. The lowest BCUT2D eigenvalue weighted by molar-refractivity contribution is 0.111. The van der Waals surface area contributed by atoms with E-state index in [1.54, 1.807) is 0 Å². The minimum absolute atomic E-state index is 0.393. The maximum Gasteiger partial charge on any atom is 0.167 e. The van der Waals surface area contributed by atoms with Gasteiger partial charge in [-0.2, -0.15) is 0 Å². The minimum atomic E-state index is 0.393. The van der Waals surface area contributed by atoms with Crippen LogP contribution >= 0.6 is 46.3 Å². The number of fused-ring (bicyclic) bond motifs is 1. The molecule has 0 saturated carbocycles. The molecule has 0 amide bonds. The summed E-state index contributed by atoms with van der Waals surface area (Å²) in [7, 11) is 1.52. The summed E-state index contributed by atoms with van der Waals surface area (Å²) in [6.45, 7) is 4.41. The Hall–Kier alpha value is -0.0100. The topological polar surface area (TPSA) is 22.0 Å². The first-order valence-electron chi connectivity index (χ1n) is 5.63. The van der Waals surface area contributed by atoms with Crippen LogP contribution in [0.3, 0.4) is 0 Å². The fraction of sp³-hybridized carbons (Fsp3) is 0.308. The van der Waals surface area contributed by atoms with Crippen molar-refractivity contribution < 1.29 is 4.79 Å². The molecule has 2 nitrogen and oxygen atoms in total. The first-order chi connectivity index (χ1) is 8.58. The molecule has 0 spiro atoms. The molecule has 5 heteroatoms. The van der Waals surface area contributed by atoms with Crippen LogP contribution in [0, 0.1) is 11.8 Å². The van der Waals surface area contributed by atoms with E-state index >= 15 is 0 Å². The van der Waals surface area contributed by atoms with Gasteiger partial charge < -0.3 is 0 Å². The zero-order chi connectivity index (χ0) is 13.3. The number of hydrogen-bond donors (Lipinski definition) is 0. The van der Waals surface area contributed by atoms with E-state index < -0.39 is 0 Å². The highest BCUT2D eigenvalue weighted by molar-refractivity contribution is 14.2. The average molecular weight is 438 g/mol. The highest BCUT2D eigenvalue weighted by Crippen LogP contribution is 2.36. The van der Waals surface area contributed by atoms with Gasteiger partial charge in [0.1, 0.15) is 0 Å². The molecule has 2 rings (SSSR count). The summed E-state index contributed by atoms with van der Waals surface area (Å²) >= 11 is 5.86. The van der Waals surface area contributed by atoms with Crippen molar-refractivity contribution in [2.45, 2.75) is 13.8 Å². The van der Waals surface area contributed by atoms with Crippen molar-refractivity contribution >= 4 is 64.7 Å². The van der Waals surface area contributed by atoms with Crippen LogP contribution in [0.25, 0.3) is 12.2 Å². The zero-order valence-electron chi connectivity index (χ0n) is 10.1. The van der Waals surface area contributed by atoms with E-state index in [1.165, 1.54) is 9.12 Å². The summed E-state index contributed by atoms with van der Waals surface area (Å²) in [5.41, 5.74) is 2.87. The number of rotatable bonds is 3. The molecule has 1 aromatic heterocycles. The summed E-state index contributed by atoms with van der Waals surface area (Å²) in [6, 6.07) is 1.93. The van der Waals surface area contributed by atoms with E-state index in [2.05, 4.69) is 69.2 Å². The number of allylic oxidation sites excluding steroid dienone is 2. The number of aromatic nitrogens is 1. The highest BCUT2D eigenvalue weighted by Gasteiger charge is 2.20. The van der Waals surface area contributed by atoms with Crippen LogP contribution in [0.4, 0.5) is 0 Å². The van der Waals surface area contributed by atoms with Crippen LogP contribution in [0.2, 0.25) is 0 Å². The third-order valence-corrected chi connectivity index (χ3v) is 5.52. The molecule has 0 aromatic carbocycles. The Bertz CT molecular complexity index is 533. The fourth-order valence-corrected chi connectivity index (χ4v) is 4.67. The van der Waals surface area contributed by atoms with Gasteiger partial charge >= 0.3 is 0 Å². The van der Waals surface area contributed by atoms with Crippen molar-refractivity contribution in [1.82, 2.24) is 3.97 Å². The van der Waals surface area contributed by atoms with E-state index in [-0.39, 0.29) is 0 Å². The smallest absolute Gasteiger partial charge is 0.167 e. The number of carbonyl (C=O) groups is 1. The van der Waals surface area contributed by atoms with Gasteiger partial charge in [-0.25, -0.2) is 0 Å². The lowest BCUT2D eigenvalue weighted by Gasteiger charge is -2.15. The maximum absolute atomic E-state index is 11.1. The molecule has 0 aliphatic heterocycles. The molecule has 0 fully saturated rings. The van der Waals surface area contributed by atoms with Crippen LogP contribution < -0.4 is 0 Å². The van der Waals surface area contributed by atoms with Gasteiger partial charge in [0.15, 0.2) is 6.29 Å². The standard InChI is InChI=1S/C13H13BrINOS/c1-8(2)11-4-3-9-5-10(7-17)16(18-15)13(9)6-12(11)14/h3-8,11H,1-2H3. The van der Waals surface area contributed by atoms with Crippen LogP contribution in [0.5, 0.6) is 0 Å². The molecule has 1 atom stereocenters. The number of aldehydes is 1. The Balaban J connectivity index is 2.56. The van der Waals surface area contributed by atoms with Crippen molar-refractivity contribution in [2.24, 2.45) is 11.8 Å². The first-order valence-corrected chi connectivity index (χ1v) is 9.74. The Morgan fingerprint density at radius 1 is 1.56 bits per heavy atom. The van der Waals surface area contributed by atoms with Crippen molar-refractivity contribution in [3.8, 4) is 0 Å². The van der Waals surface area contributed by atoms with Crippen LogP contribution in [-0.4, -0.2) is 10.3 Å². The Labute approximate surface area is 132 Å². The van der Waals surface area contributed by atoms with E-state index in [0.717, 1.165) is 22.0 Å². The van der Waals surface area contributed by atoms with Crippen molar-refractivity contribution in [1.29, 1.82) is 0 Å². The van der Waals surface area contributed by atoms with Crippen molar-refractivity contribution in [2.75, 3.05) is 0 Å². The number of carbonyl (C=O) groups excluding carboxylic acids is 1. The quantitative estimate of drug-likeness (QED) is 0.480. The molecule has 96 valence electrons. The lowest BCUT2D eigenvalue weighted by atomic mass is 9.95. The summed E-state index contributed by atoms with van der Waals surface area (Å²) in [6.07, 6.45) is 7.34. The second-order valence-electron chi connectivity index (χ2n) is 4.55. The van der Waals surface area contributed by atoms with Crippen LogP contribution in [0.15, 0.2) is 16.6 Å². The van der Waals surface area contributed by atoms with Gasteiger partial charge in [-0.3, -0.25) is 8.77 Å². The van der Waals surface area contributed by atoms with Gasteiger partial charge in [-0.15, -0.1) is 0 Å². The van der Waals surface area contributed by atoms with E-state index in [1.807, 2.05) is 10.0 Å². The maximum atomic E-state index is 11.1. The SMILES string of the molecule is CC(C)C1C=Cc2cc(C=O)n(SI)c2C=C1Br. The summed E-state index contributed by atoms with van der Waals surface area (Å²) in [5, 5.41) is 0. The minimum Gasteiger partial charge on any atom is -0.296 e. The summed E-state index contributed by atoms with van der Waals surface area (Å²) in [4.78, 5) is 11.1.